The van der Waals surface area contributed by atoms with E-state index in [1.54, 1.807) is 6.07 Å². The Morgan fingerprint density at radius 2 is 2.15 bits per heavy atom. The van der Waals surface area contributed by atoms with E-state index < -0.39 is 10.1 Å². The lowest BCUT2D eigenvalue weighted by atomic mass is 10.2. The number of hydrogen-bond donors (Lipinski definition) is 2. The fourth-order valence-corrected chi connectivity index (χ4v) is 1.94. The molecule has 70 valence electrons. The highest BCUT2D eigenvalue weighted by atomic mass is 32.2. The molecule has 0 spiro atoms. The molecule has 0 amide bonds. The van der Waals surface area contributed by atoms with Crippen LogP contribution in [0.25, 0.3) is 0 Å². The van der Waals surface area contributed by atoms with Gasteiger partial charge in [-0.3, -0.25) is 4.55 Å². The summed E-state index contributed by atoms with van der Waals surface area (Å²) in [5.41, 5.74) is 1.89. The molecule has 2 N–H and O–H groups in total. The van der Waals surface area contributed by atoms with E-state index in [4.69, 9.17) is 4.55 Å². The highest BCUT2D eigenvalue weighted by Gasteiger charge is 2.15. The largest absolute Gasteiger partial charge is 0.384 e. The molecule has 0 saturated carbocycles. The van der Waals surface area contributed by atoms with Crippen molar-refractivity contribution in [2.75, 3.05) is 11.9 Å². The van der Waals surface area contributed by atoms with Crippen LogP contribution in [0, 0.1) is 0 Å². The first-order valence-corrected chi connectivity index (χ1v) is 5.36. The summed E-state index contributed by atoms with van der Waals surface area (Å²) in [7, 11) is -4.06. The van der Waals surface area contributed by atoms with Crippen molar-refractivity contribution in [2.24, 2.45) is 0 Å². The van der Waals surface area contributed by atoms with E-state index in [1.807, 2.05) is 0 Å². The van der Waals surface area contributed by atoms with E-state index in [9.17, 15) is 8.42 Å². The van der Waals surface area contributed by atoms with Crippen LogP contribution in [0.1, 0.15) is 5.56 Å². The Kier molecular flexibility index (Phi) is 1.78. The quantitative estimate of drug-likeness (QED) is 0.659. The van der Waals surface area contributed by atoms with Crippen LogP contribution in [0.5, 0.6) is 0 Å². The average molecular weight is 199 g/mol. The molecule has 0 aromatic heterocycles. The Morgan fingerprint density at radius 3 is 2.85 bits per heavy atom. The van der Waals surface area contributed by atoms with Gasteiger partial charge in [0, 0.05) is 12.2 Å². The van der Waals surface area contributed by atoms with Gasteiger partial charge in [-0.2, -0.15) is 8.42 Å². The number of rotatable bonds is 1. The van der Waals surface area contributed by atoms with Gasteiger partial charge in [0.05, 0.1) is 4.90 Å². The zero-order valence-corrected chi connectivity index (χ0v) is 7.63. The van der Waals surface area contributed by atoms with Crippen LogP contribution in [0.4, 0.5) is 5.69 Å². The van der Waals surface area contributed by atoms with E-state index in [-0.39, 0.29) is 4.90 Å². The number of anilines is 1. The first-order valence-electron chi connectivity index (χ1n) is 3.92. The van der Waals surface area contributed by atoms with E-state index in [0.717, 1.165) is 24.2 Å². The van der Waals surface area contributed by atoms with Crippen LogP contribution >= 0.6 is 0 Å². The highest BCUT2D eigenvalue weighted by Crippen LogP contribution is 2.24. The summed E-state index contributed by atoms with van der Waals surface area (Å²) in [6, 6.07) is 4.59. The minimum Gasteiger partial charge on any atom is -0.384 e. The molecule has 1 aliphatic rings. The lowest BCUT2D eigenvalue weighted by Crippen LogP contribution is -1.98. The topological polar surface area (TPSA) is 66.4 Å². The number of nitrogens with one attached hydrogen (secondary N) is 1. The fraction of sp³-hybridized carbons (Fsp3) is 0.250. The summed E-state index contributed by atoms with van der Waals surface area (Å²) >= 11 is 0. The first kappa shape index (κ1) is 8.52. The van der Waals surface area contributed by atoms with Crippen molar-refractivity contribution in [1.82, 2.24) is 0 Å². The molecule has 0 radical (unpaired) electrons. The minimum absolute atomic E-state index is 0.0550. The highest BCUT2D eigenvalue weighted by molar-refractivity contribution is 7.85. The van der Waals surface area contributed by atoms with Crippen molar-refractivity contribution < 1.29 is 13.0 Å². The van der Waals surface area contributed by atoms with Gasteiger partial charge in [-0.15, -0.1) is 0 Å². The fourth-order valence-electron chi connectivity index (χ4n) is 1.43. The lowest BCUT2D eigenvalue weighted by molar-refractivity contribution is 0.483. The zero-order valence-electron chi connectivity index (χ0n) is 6.82. The molecular formula is C8H9NO3S. The summed E-state index contributed by atoms with van der Waals surface area (Å²) in [6.07, 6.45) is 0.904. The second kappa shape index (κ2) is 2.71. The Labute approximate surface area is 76.3 Å². The lowest BCUT2D eigenvalue weighted by Gasteiger charge is -2.01. The predicted octanol–water partition coefficient (Wildman–Crippen LogP) is 0.901. The van der Waals surface area contributed by atoms with E-state index in [1.165, 1.54) is 12.1 Å². The maximum Gasteiger partial charge on any atom is 0.294 e. The van der Waals surface area contributed by atoms with Gasteiger partial charge in [0.25, 0.3) is 10.1 Å². The van der Waals surface area contributed by atoms with Crippen LogP contribution in [-0.4, -0.2) is 19.5 Å². The zero-order chi connectivity index (χ0) is 9.47. The van der Waals surface area contributed by atoms with Gasteiger partial charge in [-0.1, -0.05) is 6.07 Å². The van der Waals surface area contributed by atoms with Gasteiger partial charge >= 0.3 is 0 Å². The molecule has 0 bridgehead atoms. The van der Waals surface area contributed by atoms with Crippen molar-refractivity contribution in [3.8, 4) is 0 Å². The molecule has 0 atom stereocenters. The summed E-state index contributed by atoms with van der Waals surface area (Å²) in [4.78, 5) is -0.0550. The van der Waals surface area contributed by atoms with Crippen LogP contribution in [-0.2, 0) is 16.5 Å². The van der Waals surface area contributed by atoms with Crippen molar-refractivity contribution in [1.29, 1.82) is 0 Å². The normalized spacial score (nSPS) is 15.2. The Balaban J connectivity index is 2.54. The maximum absolute atomic E-state index is 10.8. The number of benzene rings is 1. The molecule has 4 nitrogen and oxygen atoms in total. The van der Waals surface area contributed by atoms with Crippen molar-refractivity contribution in [3.63, 3.8) is 0 Å². The second-order valence-corrected chi connectivity index (χ2v) is 4.39. The summed E-state index contributed by atoms with van der Waals surface area (Å²) in [5.74, 6) is 0. The van der Waals surface area contributed by atoms with Gasteiger partial charge in [-0.05, 0) is 24.1 Å². The molecule has 1 aromatic rings. The predicted molar refractivity (Wildman–Crippen MR) is 48.5 cm³/mol. The van der Waals surface area contributed by atoms with Crippen molar-refractivity contribution >= 4 is 15.8 Å². The minimum atomic E-state index is -4.06. The van der Waals surface area contributed by atoms with Crippen molar-refractivity contribution in [3.05, 3.63) is 23.8 Å². The smallest absolute Gasteiger partial charge is 0.294 e. The summed E-state index contributed by atoms with van der Waals surface area (Å²) in [6.45, 7) is 0.824. The average Bonchev–Trinajstić information content (AvgIpc) is 2.47. The summed E-state index contributed by atoms with van der Waals surface area (Å²) in [5, 5.41) is 3.04. The Bertz CT molecular complexity index is 439. The molecule has 5 heteroatoms. The molecule has 1 heterocycles. The molecular weight excluding hydrogens is 190 g/mol. The molecule has 0 fully saturated rings. The van der Waals surface area contributed by atoms with Crippen LogP contribution < -0.4 is 5.32 Å². The second-order valence-electron chi connectivity index (χ2n) is 2.97. The molecule has 0 aliphatic carbocycles. The number of fused-ring (bicyclic) bond motifs is 1. The van der Waals surface area contributed by atoms with Crippen LogP contribution in [0.15, 0.2) is 23.1 Å². The SMILES string of the molecule is O=S(=O)(O)c1ccc2c(c1)NCC2. The third-order valence-electron chi connectivity index (χ3n) is 2.09. The van der Waals surface area contributed by atoms with E-state index in [2.05, 4.69) is 5.32 Å². The van der Waals surface area contributed by atoms with Gasteiger partial charge in [0.2, 0.25) is 0 Å². The first-order chi connectivity index (χ1) is 6.07. The van der Waals surface area contributed by atoms with Gasteiger partial charge in [0.1, 0.15) is 0 Å². The molecule has 1 aliphatic heterocycles. The Morgan fingerprint density at radius 1 is 1.38 bits per heavy atom. The molecule has 13 heavy (non-hydrogen) atoms. The van der Waals surface area contributed by atoms with Gasteiger partial charge in [-0.25, -0.2) is 0 Å². The molecule has 2 rings (SSSR count). The van der Waals surface area contributed by atoms with Gasteiger partial charge in [0.15, 0.2) is 0 Å². The number of hydrogen-bond acceptors (Lipinski definition) is 3. The van der Waals surface area contributed by atoms with Crippen molar-refractivity contribution in [2.45, 2.75) is 11.3 Å². The van der Waals surface area contributed by atoms with Crippen LogP contribution in [0.2, 0.25) is 0 Å². The third-order valence-corrected chi connectivity index (χ3v) is 2.94. The maximum atomic E-state index is 10.8. The van der Waals surface area contributed by atoms with Gasteiger partial charge < -0.3 is 5.32 Å². The molecule has 1 aromatic carbocycles. The molecule has 0 saturated heterocycles. The summed E-state index contributed by atoms with van der Waals surface area (Å²) < 4.78 is 30.3. The Hall–Kier alpha value is -1.07. The molecule has 0 unspecified atom stereocenters. The van der Waals surface area contributed by atoms with E-state index in [0.29, 0.717) is 0 Å². The monoisotopic (exact) mass is 199 g/mol. The standard InChI is InChI=1S/C8H9NO3S/c10-13(11,12)7-2-1-6-3-4-9-8(6)5-7/h1-2,5,9H,3-4H2,(H,10,11,12). The van der Waals surface area contributed by atoms with E-state index >= 15 is 0 Å². The third kappa shape index (κ3) is 1.52. The van der Waals surface area contributed by atoms with Crippen LogP contribution in [0.3, 0.4) is 0 Å².